The zero-order valence-corrected chi connectivity index (χ0v) is 18.4. The SMILES string of the molecule is CCC(C)c1cn(C(C)C)c(=O)n1Cc1ccc(-c2ccccc2-c2nnn[nH]2)cc1. The first-order valence-corrected chi connectivity index (χ1v) is 10.7. The summed E-state index contributed by atoms with van der Waals surface area (Å²) in [6.07, 6.45) is 3.02. The summed E-state index contributed by atoms with van der Waals surface area (Å²) in [6.45, 7) is 8.98. The van der Waals surface area contributed by atoms with Crippen molar-refractivity contribution in [2.45, 2.75) is 52.6 Å². The maximum Gasteiger partial charge on any atom is 0.328 e. The Kier molecular flexibility index (Phi) is 5.84. The normalized spacial score (nSPS) is 12.4. The van der Waals surface area contributed by atoms with Gasteiger partial charge in [0.05, 0.1) is 6.54 Å². The Morgan fingerprint density at radius 1 is 1.00 bits per heavy atom. The van der Waals surface area contributed by atoms with E-state index in [0.29, 0.717) is 18.3 Å². The number of hydrogen-bond donors (Lipinski definition) is 1. The second-order valence-electron chi connectivity index (χ2n) is 8.23. The van der Waals surface area contributed by atoms with Crippen LogP contribution in [0.1, 0.15) is 57.3 Å². The molecule has 31 heavy (non-hydrogen) atoms. The van der Waals surface area contributed by atoms with Crippen molar-refractivity contribution in [3.05, 3.63) is 76.5 Å². The monoisotopic (exact) mass is 416 g/mol. The lowest BCUT2D eigenvalue weighted by atomic mass is 9.98. The van der Waals surface area contributed by atoms with Gasteiger partial charge in [0.1, 0.15) is 0 Å². The van der Waals surface area contributed by atoms with E-state index in [9.17, 15) is 4.79 Å². The van der Waals surface area contributed by atoms with Gasteiger partial charge in [0.2, 0.25) is 0 Å². The van der Waals surface area contributed by atoms with Gasteiger partial charge in [-0.05, 0) is 53.3 Å². The zero-order valence-electron chi connectivity index (χ0n) is 18.4. The van der Waals surface area contributed by atoms with Gasteiger partial charge < -0.3 is 0 Å². The molecule has 0 amide bonds. The fourth-order valence-corrected chi connectivity index (χ4v) is 3.84. The van der Waals surface area contributed by atoms with Crippen LogP contribution in [0.15, 0.2) is 59.5 Å². The Labute approximate surface area is 181 Å². The largest absolute Gasteiger partial charge is 0.328 e. The lowest BCUT2D eigenvalue weighted by Gasteiger charge is -2.13. The van der Waals surface area contributed by atoms with Crippen molar-refractivity contribution >= 4 is 0 Å². The summed E-state index contributed by atoms with van der Waals surface area (Å²) in [6, 6.07) is 16.5. The third-order valence-corrected chi connectivity index (χ3v) is 5.84. The van der Waals surface area contributed by atoms with E-state index in [1.54, 1.807) is 0 Å². The lowest BCUT2D eigenvalue weighted by Crippen LogP contribution is -2.26. The first-order chi connectivity index (χ1) is 15.0. The Morgan fingerprint density at radius 3 is 2.32 bits per heavy atom. The molecule has 0 spiro atoms. The highest BCUT2D eigenvalue weighted by molar-refractivity contribution is 5.80. The molecule has 7 heteroatoms. The van der Waals surface area contributed by atoms with Crippen LogP contribution >= 0.6 is 0 Å². The number of nitrogens with one attached hydrogen (secondary N) is 1. The van der Waals surface area contributed by atoms with Crippen LogP contribution in [0.5, 0.6) is 0 Å². The standard InChI is InChI=1S/C24H28N6O/c1-5-17(4)22-15-29(16(2)3)24(31)30(22)14-18-10-12-19(13-11-18)20-8-6-7-9-21(20)23-25-27-28-26-23/h6-13,15-17H,5,14H2,1-4H3,(H,25,26,27,28). The molecule has 4 rings (SSSR count). The van der Waals surface area contributed by atoms with Gasteiger partial charge >= 0.3 is 5.69 Å². The Hall–Kier alpha value is -3.48. The van der Waals surface area contributed by atoms with Gasteiger partial charge in [-0.3, -0.25) is 9.13 Å². The number of hydrogen-bond acceptors (Lipinski definition) is 4. The Balaban J connectivity index is 1.66. The number of aromatic amines is 1. The van der Waals surface area contributed by atoms with Gasteiger partial charge in [-0.25, -0.2) is 9.89 Å². The van der Waals surface area contributed by atoms with E-state index in [1.807, 2.05) is 47.4 Å². The highest BCUT2D eigenvalue weighted by Crippen LogP contribution is 2.30. The number of H-pyrrole nitrogens is 1. The summed E-state index contributed by atoms with van der Waals surface area (Å²) in [4.78, 5) is 13.0. The van der Waals surface area contributed by atoms with Crippen molar-refractivity contribution in [2.24, 2.45) is 0 Å². The molecule has 2 aromatic carbocycles. The maximum absolute atomic E-state index is 13.0. The first kappa shape index (κ1) is 20.8. The second-order valence-corrected chi connectivity index (χ2v) is 8.23. The summed E-state index contributed by atoms with van der Waals surface area (Å²) < 4.78 is 3.74. The van der Waals surface area contributed by atoms with Crippen LogP contribution in [-0.2, 0) is 6.54 Å². The molecule has 0 bridgehead atoms. The minimum absolute atomic E-state index is 0.0533. The molecule has 2 aromatic heterocycles. The molecule has 0 saturated carbocycles. The van der Waals surface area contributed by atoms with Crippen molar-refractivity contribution < 1.29 is 0 Å². The van der Waals surface area contributed by atoms with E-state index in [1.165, 1.54) is 0 Å². The molecule has 0 radical (unpaired) electrons. The molecule has 0 aliphatic rings. The molecule has 0 fully saturated rings. The molecule has 4 aromatic rings. The fourth-order valence-electron chi connectivity index (χ4n) is 3.84. The third kappa shape index (κ3) is 4.08. The number of rotatable bonds is 7. The number of benzene rings is 2. The molecular formula is C24H28N6O. The predicted octanol–water partition coefficient (Wildman–Crippen LogP) is 4.64. The smallest absolute Gasteiger partial charge is 0.296 e. The van der Waals surface area contributed by atoms with E-state index in [4.69, 9.17) is 0 Å². The topological polar surface area (TPSA) is 81.4 Å². The first-order valence-electron chi connectivity index (χ1n) is 10.7. The van der Waals surface area contributed by atoms with Gasteiger partial charge in [-0.1, -0.05) is 62.4 Å². The summed E-state index contributed by atoms with van der Waals surface area (Å²) in [5.74, 6) is 0.966. The molecular weight excluding hydrogens is 388 g/mol. The number of aromatic nitrogens is 6. The van der Waals surface area contributed by atoms with E-state index >= 15 is 0 Å². The van der Waals surface area contributed by atoms with E-state index in [-0.39, 0.29) is 11.7 Å². The maximum atomic E-state index is 13.0. The molecule has 7 nitrogen and oxygen atoms in total. The van der Waals surface area contributed by atoms with Crippen LogP contribution in [0.25, 0.3) is 22.5 Å². The minimum Gasteiger partial charge on any atom is -0.296 e. The predicted molar refractivity (Wildman–Crippen MR) is 122 cm³/mol. The quantitative estimate of drug-likeness (QED) is 0.476. The number of nitrogens with zero attached hydrogens (tertiary/aromatic N) is 5. The van der Waals surface area contributed by atoms with Crippen LogP contribution in [0.3, 0.4) is 0 Å². The average Bonchev–Trinajstić information content (AvgIpc) is 3.43. The summed E-state index contributed by atoms with van der Waals surface area (Å²) >= 11 is 0. The highest BCUT2D eigenvalue weighted by Gasteiger charge is 2.17. The van der Waals surface area contributed by atoms with Crippen molar-refractivity contribution in [3.63, 3.8) is 0 Å². The van der Waals surface area contributed by atoms with Gasteiger partial charge in [0, 0.05) is 23.5 Å². The molecule has 0 aliphatic heterocycles. The van der Waals surface area contributed by atoms with Gasteiger partial charge in [0.15, 0.2) is 5.82 Å². The van der Waals surface area contributed by atoms with Crippen LogP contribution in [0.2, 0.25) is 0 Å². The van der Waals surface area contributed by atoms with Crippen LogP contribution in [-0.4, -0.2) is 29.8 Å². The number of imidazole rings is 1. The number of tetrazole rings is 1. The Bertz CT molecular complexity index is 1200. The van der Waals surface area contributed by atoms with Gasteiger partial charge in [-0.2, -0.15) is 0 Å². The van der Waals surface area contributed by atoms with Crippen LogP contribution in [0.4, 0.5) is 0 Å². The summed E-state index contributed by atoms with van der Waals surface area (Å²) in [5, 5.41) is 14.3. The zero-order chi connectivity index (χ0) is 22.0. The van der Waals surface area contributed by atoms with E-state index in [0.717, 1.165) is 34.4 Å². The van der Waals surface area contributed by atoms with Crippen molar-refractivity contribution in [3.8, 4) is 22.5 Å². The fraction of sp³-hybridized carbons (Fsp3) is 0.333. The summed E-state index contributed by atoms with van der Waals surface area (Å²) in [5.41, 5.74) is 5.31. The molecule has 1 N–H and O–H groups in total. The molecule has 0 aliphatic carbocycles. The molecule has 160 valence electrons. The molecule has 1 unspecified atom stereocenters. The van der Waals surface area contributed by atoms with Crippen molar-refractivity contribution in [1.29, 1.82) is 0 Å². The van der Waals surface area contributed by atoms with Crippen LogP contribution < -0.4 is 5.69 Å². The highest BCUT2D eigenvalue weighted by atomic mass is 16.1. The van der Waals surface area contributed by atoms with E-state index in [2.05, 4.69) is 64.8 Å². The van der Waals surface area contributed by atoms with Crippen molar-refractivity contribution in [2.75, 3.05) is 0 Å². The van der Waals surface area contributed by atoms with Crippen molar-refractivity contribution in [1.82, 2.24) is 29.8 Å². The van der Waals surface area contributed by atoms with Gasteiger partial charge in [0.25, 0.3) is 0 Å². The van der Waals surface area contributed by atoms with Crippen LogP contribution in [0, 0.1) is 0 Å². The van der Waals surface area contributed by atoms with E-state index < -0.39 is 0 Å². The summed E-state index contributed by atoms with van der Waals surface area (Å²) in [7, 11) is 0. The second kappa shape index (κ2) is 8.71. The van der Waals surface area contributed by atoms with Gasteiger partial charge in [-0.15, -0.1) is 5.10 Å². The third-order valence-electron chi connectivity index (χ3n) is 5.84. The molecule has 2 heterocycles. The molecule has 0 saturated heterocycles. The lowest BCUT2D eigenvalue weighted by molar-refractivity contribution is 0.558. The average molecular weight is 417 g/mol. The minimum atomic E-state index is 0.0533. The Morgan fingerprint density at radius 2 is 1.71 bits per heavy atom. The molecule has 1 atom stereocenters.